The summed E-state index contributed by atoms with van der Waals surface area (Å²) in [6.45, 7) is -1.15. The van der Waals surface area contributed by atoms with Crippen LogP contribution in [0.15, 0.2) is 12.2 Å². The number of rotatable bonds is 10. The Hall–Kier alpha value is -1.43. The fourth-order valence-corrected chi connectivity index (χ4v) is 8.95. The number of esters is 1. The van der Waals surface area contributed by atoms with Crippen molar-refractivity contribution in [2.24, 2.45) is 17.8 Å². The van der Waals surface area contributed by atoms with Crippen LogP contribution in [0.2, 0.25) is 0 Å². The SMILES string of the molecule is O=C(C=CC1CCC(O)CC1)OC[C@H]1O[C@H](OC2CC3C(CC(O)CC3O[C@H]3O[C@@H](CO)[C@H](O)[C@@H](O)[C@@H]3O)OC2C2CCC(O)C(O)C2)[C@H](O)[C@@H](O)[C@H]1O. The molecule has 6 fully saturated rings. The van der Waals surface area contributed by atoms with Crippen LogP contribution in [0.25, 0.3) is 0 Å². The van der Waals surface area contributed by atoms with Crippen molar-refractivity contribution in [1.29, 1.82) is 0 Å². The molecular formula is C36H58O18. The number of carbonyl (C=O) groups is 1. The molecule has 310 valence electrons. The highest BCUT2D eigenvalue weighted by atomic mass is 16.7. The van der Waals surface area contributed by atoms with Gasteiger partial charge in [0.25, 0.3) is 0 Å². The van der Waals surface area contributed by atoms with Crippen LogP contribution in [-0.2, 0) is 33.2 Å². The Labute approximate surface area is 312 Å². The zero-order valence-electron chi connectivity index (χ0n) is 30.0. The smallest absolute Gasteiger partial charge is 0.330 e. The Balaban J connectivity index is 1.17. The minimum absolute atomic E-state index is 0.0588. The van der Waals surface area contributed by atoms with Gasteiger partial charge < -0.3 is 84.6 Å². The van der Waals surface area contributed by atoms with E-state index in [4.69, 9.17) is 28.4 Å². The summed E-state index contributed by atoms with van der Waals surface area (Å²) in [5, 5.41) is 115. The minimum atomic E-state index is -1.76. The fraction of sp³-hybridized carbons (Fsp3) is 0.917. The van der Waals surface area contributed by atoms with Gasteiger partial charge in [0.15, 0.2) is 12.6 Å². The molecule has 11 N–H and O–H groups in total. The molecule has 3 aliphatic carbocycles. The molecule has 3 aliphatic heterocycles. The first-order valence-corrected chi connectivity index (χ1v) is 19.3. The lowest BCUT2D eigenvalue weighted by atomic mass is 9.72. The van der Waals surface area contributed by atoms with E-state index in [2.05, 4.69) is 0 Å². The van der Waals surface area contributed by atoms with Gasteiger partial charge in [0.05, 0.1) is 55.4 Å². The number of aliphatic hydroxyl groups excluding tert-OH is 11. The second-order valence-electron chi connectivity index (χ2n) is 16.0. The van der Waals surface area contributed by atoms with Crippen molar-refractivity contribution in [3.8, 4) is 0 Å². The van der Waals surface area contributed by atoms with Crippen LogP contribution in [0.4, 0.5) is 0 Å². The zero-order chi connectivity index (χ0) is 38.8. The first-order valence-electron chi connectivity index (χ1n) is 19.3. The van der Waals surface area contributed by atoms with Gasteiger partial charge in [0.2, 0.25) is 0 Å². The van der Waals surface area contributed by atoms with E-state index in [0.717, 1.165) is 12.8 Å². The molecule has 6 rings (SSSR count). The first kappa shape index (κ1) is 42.2. The molecule has 3 saturated carbocycles. The Morgan fingerprint density at radius 1 is 0.611 bits per heavy atom. The van der Waals surface area contributed by atoms with Crippen molar-refractivity contribution >= 4 is 5.97 Å². The lowest BCUT2D eigenvalue weighted by Crippen LogP contribution is -2.63. The summed E-state index contributed by atoms with van der Waals surface area (Å²) in [6, 6.07) is 0. The van der Waals surface area contributed by atoms with E-state index >= 15 is 0 Å². The number of aliphatic hydroxyl groups is 11. The van der Waals surface area contributed by atoms with Crippen LogP contribution in [-0.4, -0.2) is 186 Å². The van der Waals surface area contributed by atoms with Crippen LogP contribution in [0.3, 0.4) is 0 Å². The van der Waals surface area contributed by atoms with Gasteiger partial charge in [-0.05, 0) is 69.6 Å². The van der Waals surface area contributed by atoms with Crippen LogP contribution >= 0.6 is 0 Å². The van der Waals surface area contributed by atoms with Crippen LogP contribution < -0.4 is 0 Å². The van der Waals surface area contributed by atoms with Gasteiger partial charge in [0.1, 0.15) is 55.4 Å². The third-order valence-corrected chi connectivity index (χ3v) is 12.2. The highest BCUT2D eigenvalue weighted by Crippen LogP contribution is 2.45. The van der Waals surface area contributed by atoms with Gasteiger partial charge in [-0.1, -0.05) is 6.08 Å². The number of ether oxygens (including phenoxy) is 6. The van der Waals surface area contributed by atoms with Gasteiger partial charge in [-0.25, -0.2) is 4.79 Å². The first-order chi connectivity index (χ1) is 25.7. The molecule has 0 aromatic rings. The van der Waals surface area contributed by atoms with E-state index in [1.165, 1.54) is 6.08 Å². The number of hydrogen-bond acceptors (Lipinski definition) is 18. The molecule has 0 aromatic heterocycles. The summed E-state index contributed by atoms with van der Waals surface area (Å²) < 4.78 is 35.9. The Kier molecular flexibility index (Phi) is 14.4. The Morgan fingerprint density at radius 3 is 1.89 bits per heavy atom. The van der Waals surface area contributed by atoms with Crippen LogP contribution in [0.5, 0.6) is 0 Å². The third kappa shape index (κ3) is 9.63. The molecule has 3 saturated heterocycles. The minimum Gasteiger partial charge on any atom is -0.460 e. The molecule has 0 aromatic carbocycles. The topological polar surface area (TPSA) is 295 Å². The normalized spacial score (nSPS) is 50.4. The van der Waals surface area contributed by atoms with Gasteiger partial charge in [0, 0.05) is 18.4 Å². The van der Waals surface area contributed by atoms with Crippen molar-refractivity contribution in [2.45, 2.75) is 174 Å². The van der Waals surface area contributed by atoms with E-state index in [1.807, 2.05) is 0 Å². The average molecular weight is 779 g/mol. The Morgan fingerprint density at radius 2 is 1.24 bits per heavy atom. The van der Waals surface area contributed by atoms with E-state index in [9.17, 15) is 61.0 Å². The highest BCUT2D eigenvalue weighted by Gasteiger charge is 2.54. The van der Waals surface area contributed by atoms with E-state index in [1.54, 1.807) is 6.08 Å². The molecular weight excluding hydrogens is 720 g/mol. The average Bonchev–Trinajstić information content (AvgIpc) is 3.15. The summed E-state index contributed by atoms with van der Waals surface area (Å²) in [4.78, 5) is 12.5. The van der Waals surface area contributed by atoms with Crippen molar-refractivity contribution in [1.82, 2.24) is 0 Å². The molecule has 0 amide bonds. The molecule has 6 aliphatic rings. The maximum atomic E-state index is 12.5. The summed E-state index contributed by atoms with van der Waals surface area (Å²) in [7, 11) is 0. The zero-order valence-corrected chi connectivity index (χ0v) is 30.0. The van der Waals surface area contributed by atoms with E-state index in [-0.39, 0.29) is 50.0 Å². The maximum Gasteiger partial charge on any atom is 0.330 e. The second kappa shape index (κ2) is 18.4. The highest BCUT2D eigenvalue weighted by molar-refractivity contribution is 5.81. The van der Waals surface area contributed by atoms with Crippen LogP contribution in [0.1, 0.15) is 64.2 Å². The van der Waals surface area contributed by atoms with Crippen molar-refractivity contribution in [3.05, 3.63) is 12.2 Å². The molecule has 18 nitrogen and oxygen atoms in total. The van der Waals surface area contributed by atoms with Gasteiger partial charge in [-0.2, -0.15) is 0 Å². The maximum absolute atomic E-state index is 12.5. The van der Waals surface area contributed by atoms with Crippen molar-refractivity contribution < 1.29 is 89.4 Å². The standard InChI is InChI=1S/C36H58O18/c37-13-25-28(43)30(45)32(47)35(53-25)51-23-11-18(39)10-22-19(23)12-24(34(50-22)16-4-7-20(40)21(41)9-16)52-36-33(48)31(46)29(44)26(54-36)14-49-27(42)8-3-15-1-5-17(38)6-2-15/h3,8,15-26,28-41,43-48H,1-2,4-7,9-14H2/t15?,16?,17?,18?,19?,20?,21?,22?,23?,24?,25-,26+,28-,29-,30+,31-,32-,33+,34?,35-,36-/m0/s1. The van der Waals surface area contributed by atoms with E-state index in [0.29, 0.717) is 19.3 Å². The quantitative estimate of drug-likeness (QED) is 0.0756. The second-order valence-corrected chi connectivity index (χ2v) is 16.0. The lowest BCUT2D eigenvalue weighted by Gasteiger charge is -2.52. The van der Waals surface area contributed by atoms with Crippen molar-refractivity contribution in [3.63, 3.8) is 0 Å². The number of hydrogen-bond donors (Lipinski definition) is 11. The molecule has 3 heterocycles. The number of carbonyl (C=O) groups excluding carboxylic acids is 1. The van der Waals surface area contributed by atoms with Gasteiger partial charge in [-0.15, -0.1) is 0 Å². The molecule has 54 heavy (non-hydrogen) atoms. The Bertz CT molecular complexity index is 1230. The molecule has 19 atom stereocenters. The van der Waals surface area contributed by atoms with Crippen molar-refractivity contribution in [2.75, 3.05) is 13.2 Å². The predicted octanol–water partition coefficient (Wildman–Crippen LogP) is -3.53. The molecule has 18 heteroatoms. The van der Waals surface area contributed by atoms with Gasteiger partial charge >= 0.3 is 5.97 Å². The molecule has 0 spiro atoms. The van der Waals surface area contributed by atoms with E-state index < -0.39 is 129 Å². The predicted molar refractivity (Wildman–Crippen MR) is 180 cm³/mol. The van der Waals surface area contributed by atoms with Crippen LogP contribution in [0, 0.1) is 17.8 Å². The molecule has 9 unspecified atom stereocenters. The third-order valence-electron chi connectivity index (χ3n) is 12.2. The monoisotopic (exact) mass is 778 g/mol. The lowest BCUT2D eigenvalue weighted by molar-refractivity contribution is -0.344. The largest absolute Gasteiger partial charge is 0.460 e. The molecule has 0 radical (unpaired) electrons. The number of fused-ring (bicyclic) bond motifs is 1. The summed E-state index contributed by atoms with van der Waals surface area (Å²) in [6.07, 6.45) is -15.1. The summed E-state index contributed by atoms with van der Waals surface area (Å²) >= 11 is 0. The number of allylic oxidation sites excluding steroid dienone is 1. The summed E-state index contributed by atoms with van der Waals surface area (Å²) in [5.74, 6) is -1.50. The molecule has 0 bridgehead atoms. The fourth-order valence-electron chi connectivity index (χ4n) is 8.95. The van der Waals surface area contributed by atoms with Gasteiger partial charge in [-0.3, -0.25) is 0 Å². The summed E-state index contributed by atoms with van der Waals surface area (Å²) in [5.41, 5.74) is 0.